The van der Waals surface area contributed by atoms with Crippen LogP contribution in [-0.4, -0.2) is 28.5 Å². The van der Waals surface area contributed by atoms with Gasteiger partial charge in [-0.15, -0.1) is 0 Å². The average molecular weight is 387 g/mol. The molecule has 0 saturated carbocycles. The molecule has 0 atom stereocenters. The molecule has 0 aliphatic carbocycles. The lowest BCUT2D eigenvalue weighted by molar-refractivity contribution is -0.137. The van der Waals surface area contributed by atoms with Crippen LogP contribution in [0.2, 0.25) is 0 Å². The molecule has 0 radical (unpaired) electrons. The molecule has 0 bridgehead atoms. The summed E-state index contributed by atoms with van der Waals surface area (Å²) in [6.07, 6.45) is -4.43. The first kappa shape index (κ1) is 17.8. The third-order valence-electron chi connectivity index (χ3n) is 3.62. The van der Waals surface area contributed by atoms with Gasteiger partial charge in [-0.3, -0.25) is 0 Å². The van der Waals surface area contributed by atoms with Gasteiger partial charge in [-0.1, -0.05) is 18.2 Å². The molecule has 25 heavy (non-hydrogen) atoms. The number of aromatic nitrogens is 2. The van der Waals surface area contributed by atoms with Crippen molar-refractivity contribution in [3.63, 3.8) is 0 Å². The number of sulfonamides is 1. The van der Waals surface area contributed by atoms with Crippen molar-refractivity contribution < 1.29 is 21.6 Å². The molecular weight excluding hydrogens is 375 g/mol. The van der Waals surface area contributed by atoms with E-state index in [4.69, 9.17) is 0 Å². The van der Waals surface area contributed by atoms with Crippen LogP contribution in [0.4, 0.5) is 13.2 Å². The normalized spacial score (nSPS) is 12.8. The van der Waals surface area contributed by atoms with Crippen molar-refractivity contribution >= 4 is 32.8 Å². The molecular formula is C15H12F3N3O2S2. The summed E-state index contributed by atoms with van der Waals surface area (Å²) in [4.78, 5) is 0.0214. The number of rotatable bonds is 4. The molecule has 0 spiro atoms. The van der Waals surface area contributed by atoms with Gasteiger partial charge in [-0.05, 0) is 29.8 Å². The van der Waals surface area contributed by atoms with E-state index in [0.717, 1.165) is 28.2 Å². The second-order valence-corrected chi connectivity index (χ2v) is 7.89. The van der Waals surface area contributed by atoms with Crippen LogP contribution in [0.3, 0.4) is 0 Å². The Kier molecular flexibility index (Phi) is 4.52. The number of alkyl halides is 3. The summed E-state index contributed by atoms with van der Waals surface area (Å²) >= 11 is 0.913. The van der Waals surface area contributed by atoms with E-state index in [9.17, 15) is 21.6 Å². The van der Waals surface area contributed by atoms with Crippen molar-refractivity contribution in [3.05, 3.63) is 53.6 Å². The number of hydrogen-bond donors (Lipinski definition) is 0. The van der Waals surface area contributed by atoms with Gasteiger partial charge in [0.2, 0.25) is 10.0 Å². The minimum absolute atomic E-state index is 0.0214. The van der Waals surface area contributed by atoms with Crippen molar-refractivity contribution in [3.8, 4) is 0 Å². The molecule has 10 heteroatoms. The first-order chi connectivity index (χ1) is 11.7. The SMILES string of the molecule is CN(Cc1ccc(C(F)(F)F)cc1)S(=O)(=O)c1cccc2nsnc12. The summed E-state index contributed by atoms with van der Waals surface area (Å²) in [5, 5.41) is 0. The molecule has 1 aromatic heterocycles. The van der Waals surface area contributed by atoms with E-state index in [1.807, 2.05) is 0 Å². The van der Waals surface area contributed by atoms with Crippen molar-refractivity contribution in [2.75, 3.05) is 7.05 Å². The molecule has 1 heterocycles. The minimum atomic E-state index is -4.43. The van der Waals surface area contributed by atoms with E-state index in [2.05, 4.69) is 8.75 Å². The largest absolute Gasteiger partial charge is 0.416 e. The first-order valence-electron chi connectivity index (χ1n) is 7.03. The monoisotopic (exact) mass is 387 g/mol. The van der Waals surface area contributed by atoms with Gasteiger partial charge in [-0.2, -0.15) is 26.2 Å². The molecule has 0 aliphatic rings. The standard InChI is InChI=1S/C15H12F3N3O2S2/c1-21(9-10-5-7-11(8-6-10)15(16,17)18)25(22,23)13-4-2-3-12-14(13)20-24-19-12/h2-8H,9H2,1H3. The molecule has 0 aliphatic heterocycles. The van der Waals surface area contributed by atoms with E-state index in [1.54, 1.807) is 12.1 Å². The molecule has 0 fully saturated rings. The Labute approximate surface area is 146 Å². The Balaban J connectivity index is 1.87. The molecule has 5 nitrogen and oxygen atoms in total. The predicted octanol–water partition coefficient (Wildman–Crippen LogP) is 3.53. The van der Waals surface area contributed by atoms with Gasteiger partial charge in [0, 0.05) is 13.6 Å². The summed E-state index contributed by atoms with van der Waals surface area (Å²) in [5.74, 6) is 0. The lowest BCUT2D eigenvalue weighted by Gasteiger charge is -2.18. The van der Waals surface area contributed by atoms with Crippen LogP contribution in [0.1, 0.15) is 11.1 Å². The summed E-state index contributed by atoms with van der Waals surface area (Å²) in [6, 6.07) is 9.06. The third-order valence-corrected chi connectivity index (χ3v) is 6.00. The van der Waals surface area contributed by atoms with Crippen LogP contribution in [-0.2, 0) is 22.7 Å². The third kappa shape index (κ3) is 3.51. The number of nitrogens with zero attached hydrogens (tertiary/aromatic N) is 3. The summed E-state index contributed by atoms with van der Waals surface area (Å²) in [6.45, 7) is -0.0611. The zero-order valence-electron chi connectivity index (χ0n) is 12.9. The maximum atomic E-state index is 12.8. The van der Waals surface area contributed by atoms with Gasteiger partial charge in [-0.25, -0.2) is 8.42 Å². The Morgan fingerprint density at radius 2 is 1.76 bits per heavy atom. The van der Waals surface area contributed by atoms with Crippen LogP contribution >= 0.6 is 11.7 Å². The van der Waals surface area contributed by atoms with E-state index in [-0.39, 0.29) is 17.0 Å². The summed E-state index contributed by atoms with van der Waals surface area (Å²) in [5.41, 5.74) is 0.434. The molecule has 132 valence electrons. The zero-order valence-corrected chi connectivity index (χ0v) is 14.5. The average Bonchev–Trinajstić information content (AvgIpc) is 3.02. The van der Waals surface area contributed by atoms with Crippen LogP contribution in [0.25, 0.3) is 11.0 Å². The molecule has 0 saturated heterocycles. The molecule has 0 N–H and O–H groups in total. The highest BCUT2D eigenvalue weighted by Crippen LogP contribution is 2.30. The quantitative estimate of drug-likeness (QED) is 0.687. The maximum Gasteiger partial charge on any atom is 0.416 e. The first-order valence-corrected chi connectivity index (χ1v) is 9.20. The van der Waals surface area contributed by atoms with Crippen LogP contribution in [0, 0.1) is 0 Å². The molecule has 2 aromatic carbocycles. The lowest BCUT2D eigenvalue weighted by Crippen LogP contribution is -2.26. The Morgan fingerprint density at radius 1 is 1.08 bits per heavy atom. The number of halogens is 3. The summed E-state index contributed by atoms with van der Waals surface area (Å²) in [7, 11) is -2.49. The van der Waals surface area contributed by atoms with Gasteiger partial charge >= 0.3 is 6.18 Å². The fourth-order valence-electron chi connectivity index (χ4n) is 2.30. The zero-order chi connectivity index (χ0) is 18.2. The predicted molar refractivity (Wildman–Crippen MR) is 87.5 cm³/mol. The highest BCUT2D eigenvalue weighted by atomic mass is 32.2. The van der Waals surface area contributed by atoms with Gasteiger partial charge in [0.05, 0.1) is 17.3 Å². The summed E-state index contributed by atoms with van der Waals surface area (Å²) < 4.78 is 72.4. The Hall–Kier alpha value is -2.04. The van der Waals surface area contributed by atoms with Crippen molar-refractivity contribution in [2.24, 2.45) is 0 Å². The highest BCUT2D eigenvalue weighted by Gasteiger charge is 2.30. The minimum Gasteiger partial charge on any atom is -0.207 e. The van der Waals surface area contributed by atoms with Crippen molar-refractivity contribution in [1.82, 2.24) is 13.1 Å². The molecule has 0 unspecified atom stereocenters. The second kappa shape index (κ2) is 6.36. The molecule has 3 rings (SSSR count). The van der Waals surface area contributed by atoms with Crippen LogP contribution < -0.4 is 0 Å². The fraction of sp³-hybridized carbons (Fsp3) is 0.200. The van der Waals surface area contributed by atoms with E-state index >= 15 is 0 Å². The lowest BCUT2D eigenvalue weighted by atomic mass is 10.1. The Bertz CT molecular complexity index is 999. The number of benzene rings is 2. The second-order valence-electron chi connectivity index (χ2n) is 5.34. The van der Waals surface area contributed by atoms with E-state index < -0.39 is 21.8 Å². The molecule has 3 aromatic rings. The van der Waals surface area contributed by atoms with Gasteiger partial charge < -0.3 is 0 Å². The van der Waals surface area contributed by atoms with Gasteiger partial charge in [0.15, 0.2) is 0 Å². The number of fused-ring (bicyclic) bond motifs is 1. The molecule has 0 amide bonds. The van der Waals surface area contributed by atoms with Crippen molar-refractivity contribution in [1.29, 1.82) is 0 Å². The van der Waals surface area contributed by atoms with Crippen LogP contribution in [0.5, 0.6) is 0 Å². The van der Waals surface area contributed by atoms with Gasteiger partial charge in [0.25, 0.3) is 0 Å². The fourth-order valence-corrected chi connectivity index (χ4v) is 4.21. The van der Waals surface area contributed by atoms with Crippen LogP contribution in [0.15, 0.2) is 47.4 Å². The highest BCUT2D eigenvalue weighted by molar-refractivity contribution is 7.89. The van der Waals surface area contributed by atoms with E-state index in [0.29, 0.717) is 11.1 Å². The maximum absolute atomic E-state index is 12.8. The smallest absolute Gasteiger partial charge is 0.207 e. The van der Waals surface area contributed by atoms with Crippen molar-refractivity contribution in [2.45, 2.75) is 17.6 Å². The topological polar surface area (TPSA) is 63.2 Å². The van der Waals surface area contributed by atoms with Gasteiger partial charge in [0.1, 0.15) is 15.9 Å². The van der Waals surface area contributed by atoms with E-state index in [1.165, 1.54) is 25.2 Å². The Morgan fingerprint density at radius 3 is 2.40 bits per heavy atom. The number of hydrogen-bond acceptors (Lipinski definition) is 5.